The number of amides is 1. The highest BCUT2D eigenvalue weighted by molar-refractivity contribution is 9.10. The molecule has 1 amide bonds. The minimum absolute atomic E-state index is 0.0803. The van der Waals surface area contributed by atoms with Crippen LogP contribution in [0.2, 0.25) is 0 Å². The number of halogens is 1. The Labute approximate surface area is 109 Å². The zero-order chi connectivity index (χ0) is 12.8. The van der Waals surface area contributed by atoms with Gasteiger partial charge in [0.05, 0.1) is 6.61 Å². The van der Waals surface area contributed by atoms with Crippen molar-refractivity contribution in [2.75, 3.05) is 25.4 Å². The number of nitrogens with two attached hydrogens (primary N) is 1. The van der Waals surface area contributed by atoms with Crippen LogP contribution in [0.15, 0.2) is 35.3 Å². The van der Waals surface area contributed by atoms with E-state index < -0.39 is 0 Å². The maximum Gasteiger partial charge on any atom is 0.254 e. The summed E-state index contributed by atoms with van der Waals surface area (Å²) in [5.74, 6) is -0.174. The quantitative estimate of drug-likeness (QED) is 0.642. The molecule has 0 atom stereocenters. The van der Waals surface area contributed by atoms with Crippen molar-refractivity contribution in [1.29, 1.82) is 0 Å². The Balaban J connectivity index is 2.95. The molecule has 1 aromatic carbocycles. The first-order valence-electron chi connectivity index (χ1n) is 5.15. The number of carbonyl (C=O) groups excluding carboxylic acids is 1. The largest absolute Gasteiger partial charge is 0.399 e. The Morgan fingerprint density at radius 3 is 2.76 bits per heavy atom. The number of benzene rings is 1. The number of hydrogen-bond acceptors (Lipinski definition) is 3. The molecule has 5 heteroatoms. The van der Waals surface area contributed by atoms with E-state index >= 15 is 0 Å². The fourth-order valence-corrected chi connectivity index (χ4v) is 1.98. The molecule has 17 heavy (non-hydrogen) atoms. The zero-order valence-corrected chi connectivity index (χ0v) is 11.0. The molecule has 0 heterocycles. The zero-order valence-electron chi connectivity index (χ0n) is 9.40. The summed E-state index contributed by atoms with van der Waals surface area (Å²) in [6.07, 6.45) is 1.62. The SMILES string of the molecule is C=CCN(CCO)C(=O)c1cc(N)cc(Br)c1. The average molecular weight is 299 g/mol. The predicted octanol–water partition coefficient (Wildman–Crippen LogP) is 1.65. The van der Waals surface area contributed by atoms with Crippen LogP contribution in [0, 0.1) is 0 Å². The second-order valence-electron chi connectivity index (χ2n) is 3.54. The number of nitrogens with zero attached hydrogens (tertiary/aromatic N) is 1. The van der Waals surface area contributed by atoms with Gasteiger partial charge in [0.15, 0.2) is 0 Å². The van der Waals surface area contributed by atoms with Crippen LogP contribution in [-0.2, 0) is 0 Å². The molecule has 0 aromatic heterocycles. The molecule has 1 rings (SSSR count). The molecular weight excluding hydrogens is 284 g/mol. The first kappa shape index (κ1) is 13.7. The van der Waals surface area contributed by atoms with E-state index in [4.69, 9.17) is 10.8 Å². The van der Waals surface area contributed by atoms with E-state index in [0.717, 1.165) is 4.47 Å². The lowest BCUT2D eigenvalue weighted by Crippen LogP contribution is -2.33. The fraction of sp³-hybridized carbons (Fsp3) is 0.250. The smallest absolute Gasteiger partial charge is 0.254 e. The van der Waals surface area contributed by atoms with Crippen LogP contribution in [-0.4, -0.2) is 35.6 Å². The lowest BCUT2D eigenvalue weighted by molar-refractivity contribution is 0.0743. The Morgan fingerprint density at radius 1 is 1.53 bits per heavy atom. The van der Waals surface area contributed by atoms with Gasteiger partial charge in [0.1, 0.15) is 0 Å². The van der Waals surface area contributed by atoms with Crippen molar-refractivity contribution >= 4 is 27.5 Å². The highest BCUT2D eigenvalue weighted by Crippen LogP contribution is 2.18. The van der Waals surface area contributed by atoms with Crippen molar-refractivity contribution in [2.24, 2.45) is 0 Å². The normalized spacial score (nSPS) is 10.0. The number of rotatable bonds is 5. The van der Waals surface area contributed by atoms with Gasteiger partial charge in [-0.25, -0.2) is 0 Å². The Morgan fingerprint density at radius 2 is 2.24 bits per heavy atom. The van der Waals surface area contributed by atoms with Crippen molar-refractivity contribution in [3.8, 4) is 0 Å². The van der Waals surface area contributed by atoms with Gasteiger partial charge in [-0.2, -0.15) is 0 Å². The van der Waals surface area contributed by atoms with Crippen molar-refractivity contribution in [2.45, 2.75) is 0 Å². The molecule has 92 valence electrons. The van der Waals surface area contributed by atoms with Crippen molar-refractivity contribution in [3.63, 3.8) is 0 Å². The standard InChI is InChI=1S/C12H15BrN2O2/c1-2-3-15(4-5-16)12(17)9-6-10(13)8-11(14)7-9/h2,6-8,16H,1,3-5,14H2. The van der Waals surface area contributed by atoms with E-state index in [0.29, 0.717) is 17.8 Å². The van der Waals surface area contributed by atoms with E-state index in [2.05, 4.69) is 22.5 Å². The van der Waals surface area contributed by atoms with Gasteiger partial charge in [-0.05, 0) is 18.2 Å². The second kappa shape index (κ2) is 6.42. The van der Waals surface area contributed by atoms with Crippen LogP contribution in [0.25, 0.3) is 0 Å². The van der Waals surface area contributed by atoms with E-state index in [1.54, 1.807) is 24.3 Å². The number of carbonyl (C=O) groups is 1. The molecule has 3 N–H and O–H groups in total. The Kier molecular flexibility index (Phi) is 5.18. The maximum atomic E-state index is 12.1. The topological polar surface area (TPSA) is 66.6 Å². The summed E-state index contributed by atoms with van der Waals surface area (Å²) in [5, 5.41) is 8.91. The van der Waals surface area contributed by atoms with E-state index in [1.807, 2.05) is 0 Å². The first-order chi connectivity index (χ1) is 8.08. The number of hydrogen-bond donors (Lipinski definition) is 2. The van der Waals surface area contributed by atoms with Gasteiger partial charge >= 0.3 is 0 Å². The first-order valence-corrected chi connectivity index (χ1v) is 5.95. The molecule has 0 radical (unpaired) electrons. The number of aliphatic hydroxyl groups excluding tert-OH is 1. The predicted molar refractivity (Wildman–Crippen MR) is 71.7 cm³/mol. The summed E-state index contributed by atoms with van der Waals surface area (Å²) >= 11 is 3.29. The van der Waals surface area contributed by atoms with Gasteiger partial charge in [-0.1, -0.05) is 22.0 Å². The number of aliphatic hydroxyl groups is 1. The van der Waals surface area contributed by atoms with Crippen molar-refractivity contribution in [3.05, 3.63) is 40.9 Å². The van der Waals surface area contributed by atoms with Crippen LogP contribution in [0.4, 0.5) is 5.69 Å². The van der Waals surface area contributed by atoms with Gasteiger partial charge < -0.3 is 15.7 Å². The van der Waals surface area contributed by atoms with E-state index in [9.17, 15) is 4.79 Å². The third-order valence-corrected chi connectivity index (χ3v) is 2.63. The van der Waals surface area contributed by atoms with Crippen LogP contribution in [0.1, 0.15) is 10.4 Å². The minimum Gasteiger partial charge on any atom is -0.399 e. The Bertz CT molecular complexity index is 401. The number of nitrogen functional groups attached to an aromatic ring is 1. The van der Waals surface area contributed by atoms with Gasteiger partial charge in [0.2, 0.25) is 0 Å². The summed E-state index contributed by atoms with van der Waals surface area (Å²) in [6, 6.07) is 5.04. The molecule has 0 spiro atoms. The van der Waals surface area contributed by atoms with Crippen LogP contribution < -0.4 is 5.73 Å². The van der Waals surface area contributed by atoms with Crippen LogP contribution in [0.5, 0.6) is 0 Å². The molecular formula is C12H15BrN2O2. The molecule has 1 aromatic rings. The molecule has 0 saturated carbocycles. The lowest BCUT2D eigenvalue weighted by atomic mass is 10.1. The monoisotopic (exact) mass is 298 g/mol. The third-order valence-electron chi connectivity index (χ3n) is 2.17. The van der Waals surface area contributed by atoms with Gasteiger partial charge in [0.25, 0.3) is 5.91 Å². The lowest BCUT2D eigenvalue weighted by Gasteiger charge is -2.20. The van der Waals surface area contributed by atoms with E-state index in [1.165, 1.54) is 4.90 Å². The molecule has 0 saturated heterocycles. The van der Waals surface area contributed by atoms with E-state index in [-0.39, 0.29) is 19.1 Å². The summed E-state index contributed by atoms with van der Waals surface area (Å²) in [4.78, 5) is 13.6. The summed E-state index contributed by atoms with van der Waals surface area (Å²) in [5.41, 5.74) is 6.69. The molecule has 0 aliphatic carbocycles. The summed E-state index contributed by atoms with van der Waals surface area (Å²) in [7, 11) is 0. The fourth-order valence-electron chi connectivity index (χ4n) is 1.47. The molecule has 0 aliphatic heterocycles. The molecule has 0 aliphatic rings. The van der Waals surface area contributed by atoms with Gasteiger partial charge in [-0.3, -0.25) is 4.79 Å². The molecule has 0 bridgehead atoms. The van der Waals surface area contributed by atoms with Gasteiger partial charge in [-0.15, -0.1) is 6.58 Å². The highest BCUT2D eigenvalue weighted by atomic mass is 79.9. The summed E-state index contributed by atoms with van der Waals surface area (Å²) in [6.45, 7) is 4.17. The Hall–Kier alpha value is -1.33. The molecule has 0 unspecified atom stereocenters. The maximum absolute atomic E-state index is 12.1. The second-order valence-corrected chi connectivity index (χ2v) is 4.45. The summed E-state index contributed by atoms with van der Waals surface area (Å²) < 4.78 is 0.753. The van der Waals surface area contributed by atoms with Crippen molar-refractivity contribution < 1.29 is 9.90 Å². The highest BCUT2D eigenvalue weighted by Gasteiger charge is 2.14. The average Bonchev–Trinajstić information content (AvgIpc) is 2.26. The molecule has 0 fully saturated rings. The van der Waals surface area contributed by atoms with Crippen LogP contribution >= 0.6 is 15.9 Å². The molecule has 4 nitrogen and oxygen atoms in total. The van der Waals surface area contributed by atoms with Crippen molar-refractivity contribution in [1.82, 2.24) is 4.90 Å². The third kappa shape index (κ3) is 3.87. The van der Waals surface area contributed by atoms with Crippen LogP contribution in [0.3, 0.4) is 0 Å². The number of anilines is 1. The van der Waals surface area contributed by atoms with Gasteiger partial charge in [0, 0.05) is 28.8 Å². The minimum atomic E-state index is -0.174.